The maximum atomic E-state index is 12.4. The number of carbonyl (C=O) groups is 1. The summed E-state index contributed by atoms with van der Waals surface area (Å²) in [6.07, 6.45) is 5.22. The molecule has 1 fully saturated rings. The van der Waals surface area contributed by atoms with Gasteiger partial charge in [-0.3, -0.25) is 4.79 Å². The monoisotopic (exact) mass is 404 g/mol. The Morgan fingerprint density at radius 3 is 2.59 bits per heavy atom. The summed E-state index contributed by atoms with van der Waals surface area (Å²) in [5, 5.41) is 25.1. The van der Waals surface area contributed by atoms with E-state index in [9.17, 15) is 15.3 Å². The van der Waals surface area contributed by atoms with E-state index in [1.807, 2.05) is 36.6 Å². The van der Waals surface area contributed by atoms with Crippen LogP contribution in [-0.2, 0) is 11.2 Å². The molecule has 2 aromatic rings. The van der Waals surface area contributed by atoms with Crippen LogP contribution in [0.3, 0.4) is 0 Å². The van der Waals surface area contributed by atoms with Crippen molar-refractivity contribution in [1.29, 1.82) is 10.5 Å². The largest absolute Gasteiger partial charge is 0.339 e. The minimum Gasteiger partial charge on any atom is -0.339 e. The zero-order chi connectivity index (χ0) is 20.6. The summed E-state index contributed by atoms with van der Waals surface area (Å²) >= 11 is 1.69. The van der Waals surface area contributed by atoms with Gasteiger partial charge in [0, 0.05) is 11.3 Å². The highest BCUT2D eigenvalue weighted by Crippen LogP contribution is 2.25. The van der Waals surface area contributed by atoms with Gasteiger partial charge in [0.1, 0.15) is 6.04 Å². The molecule has 0 aliphatic carbocycles. The van der Waals surface area contributed by atoms with E-state index >= 15 is 0 Å². The van der Waals surface area contributed by atoms with Gasteiger partial charge in [-0.05, 0) is 60.5 Å². The van der Waals surface area contributed by atoms with E-state index in [0.29, 0.717) is 12.0 Å². The van der Waals surface area contributed by atoms with Crippen LogP contribution in [0.5, 0.6) is 0 Å². The molecule has 1 unspecified atom stereocenters. The third-order valence-electron chi connectivity index (χ3n) is 5.18. The summed E-state index contributed by atoms with van der Waals surface area (Å²) in [6.45, 7) is 0.827. The van der Waals surface area contributed by atoms with Crippen LogP contribution in [0.1, 0.15) is 30.4 Å². The van der Waals surface area contributed by atoms with Crippen molar-refractivity contribution < 1.29 is 4.79 Å². The molecule has 0 saturated carbocycles. The first kappa shape index (κ1) is 20.9. The highest BCUT2D eigenvalue weighted by Gasteiger charge is 2.23. The second-order valence-corrected chi connectivity index (χ2v) is 7.99. The van der Waals surface area contributed by atoms with Crippen molar-refractivity contribution >= 4 is 17.7 Å². The molecule has 2 atom stereocenters. The number of hydrogen-bond acceptors (Lipinski definition) is 5. The van der Waals surface area contributed by atoms with Crippen LogP contribution in [-0.4, -0.2) is 30.8 Å². The van der Waals surface area contributed by atoms with Crippen LogP contribution in [0.15, 0.2) is 47.4 Å². The van der Waals surface area contributed by atoms with E-state index in [1.165, 1.54) is 4.90 Å². The number of thioether (sulfide) groups is 1. The molecular formula is C23H24N4OS. The Bertz CT molecular complexity index is 937. The van der Waals surface area contributed by atoms with Gasteiger partial charge < -0.3 is 10.6 Å². The molecule has 29 heavy (non-hydrogen) atoms. The summed E-state index contributed by atoms with van der Waals surface area (Å²) in [7, 11) is 0. The Hall–Kier alpha value is -2.80. The molecule has 1 saturated heterocycles. The van der Waals surface area contributed by atoms with Gasteiger partial charge in [-0.1, -0.05) is 30.7 Å². The van der Waals surface area contributed by atoms with Crippen LogP contribution >= 0.6 is 11.8 Å². The number of nitrogens with one attached hydrogen (secondary N) is 2. The van der Waals surface area contributed by atoms with Gasteiger partial charge in [0.05, 0.1) is 23.7 Å². The van der Waals surface area contributed by atoms with Gasteiger partial charge in [0.15, 0.2) is 0 Å². The van der Waals surface area contributed by atoms with Crippen LogP contribution < -0.4 is 10.6 Å². The highest BCUT2D eigenvalue weighted by atomic mass is 32.2. The molecule has 0 bridgehead atoms. The maximum Gasteiger partial charge on any atom is 0.238 e. The molecule has 2 aromatic carbocycles. The summed E-state index contributed by atoms with van der Waals surface area (Å²) < 4.78 is 0. The van der Waals surface area contributed by atoms with Crippen molar-refractivity contribution in [2.24, 2.45) is 0 Å². The number of benzene rings is 2. The van der Waals surface area contributed by atoms with Crippen LogP contribution in [0, 0.1) is 22.7 Å². The summed E-state index contributed by atoms with van der Waals surface area (Å²) in [5.74, 6) is -0.139. The molecule has 1 amide bonds. The summed E-state index contributed by atoms with van der Waals surface area (Å²) in [5.41, 5.74) is 3.29. The summed E-state index contributed by atoms with van der Waals surface area (Å²) in [6, 6.07) is 17.4. The van der Waals surface area contributed by atoms with Gasteiger partial charge in [-0.25, -0.2) is 0 Å². The quantitative estimate of drug-likeness (QED) is 0.718. The number of nitriles is 2. The normalized spacial score (nSPS) is 17.0. The molecule has 6 heteroatoms. The highest BCUT2D eigenvalue weighted by molar-refractivity contribution is 7.98. The van der Waals surface area contributed by atoms with Crippen molar-refractivity contribution in [2.75, 3.05) is 12.8 Å². The first-order valence-electron chi connectivity index (χ1n) is 9.75. The zero-order valence-corrected chi connectivity index (χ0v) is 17.3. The van der Waals surface area contributed by atoms with Crippen molar-refractivity contribution in [3.8, 4) is 23.3 Å². The van der Waals surface area contributed by atoms with Gasteiger partial charge >= 0.3 is 0 Å². The molecular weight excluding hydrogens is 380 g/mol. The lowest BCUT2D eigenvalue weighted by Crippen LogP contribution is -2.49. The Labute approximate surface area is 176 Å². The molecule has 0 aromatic heterocycles. The summed E-state index contributed by atoms with van der Waals surface area (Å²) in [4.78, 5) is 13.6. The Balaban J connectivity index is 1.72. The number of carbonyl (C=O) groups excluding carboxylic acids is 1. The fourth-order valence-corrected chi connectivity index (χ4v) is 3.93. The smallest absolute Gasteiger partial charge is 0.238 e. The first-order valence-corrected chi connectivity index (χ1v) is 11.0. The van der Waals surface area contributed by atoms with Gasteiger partial charge in [0.2, 0.25) is 5.91 Å². The van der Waals surface area contributed by atoms with E-state index in [2.05, 4.69) is 34.9 Å². The average Bonchev–Trinajstić information content (AvgIpc) is 2.79. The second-order valence-electron chi connectivity index (χ2n) is 7.11. The fourth-order valence-electron chi connectivity index (χ4n) is 3.52. The van der Waals surface area contributed by atoms with Gasteiger partial charge in [0.25, 0.3) is 0 Å². The molecule has 1 heterocycles. The topological polar surface area (TPSA) is 88.7 Å². The van der Waals surface area contributed by atoms with E-state index in [1.54, 1.807) is 11.8 Å². The van der Waals surface area contributed by atoms with Gasteiger partial charge in [-0.15, -0.1) is 11.8 Å². The molecule has 1 aliphatic heterocycles. The number of piperidine rings is 1. The molecule has 1 aliphatic rings. The molecule has 148 valence electrons. The minimum atomic E-state index is -0.662. The first-order chi connectivity index (χ1) is 14.1. The average molecular weight is 405 g/mol. The second kappa shape index (κ2) is 10.1. The zero-order valence-electron chi connectivity index (χ0n) is 16.4. The van der Waals surface area contributed by atoms with Gasteiger partial charge in [-0.2, -0.15) is 10.5 Å². The van der Waals surface area contributed by atoms with Crippen LogP contribution in [0.4, 0.5) is 0 Å². The predicted octanol–water partition coefficient (Wildman–Crippen LogP) is 3.64. The molecule has 5 nitrogen and oxygen atoms in total. The fraction of sp³-hybridized carbons (Fsp3) is 0.348. The van der Waals surface area contributed by atoms with E-state index in [-0.39, 0.29) is 11.9 Å². The van der Waals surface area contributed by atoms with Crippen LogP contribution in [0.2, 0.25) is 0 Å². The predicted molar refractivity (Wildman–Crippen MR) is 115 cm³/mol. The SMILES string of the molecule is CSc1ccc(-c2ccc(C[C@@H](C#N)NC(=O)C3CCCCN3)c(C#N)c2)cc1. The van der Waals surface area contributed by atoms with E-state index in [0.717, 1.165) is 42.5 Å². The number of hydrogen-bond donors (Lipinski definition) is 2. The lowest BCUT2D eigenvalue weighted by Gasteiger charge is -2.24. The number of nitrogens with zero attached hydrogens (tertiary/aromatic N) is 2. The lowest BCUT2D eigenvalue weighted by molar-refractivity contribution is -0.124. The third-order valence-corrected chi connectivity index (χ3v) is 5.92. The van der Waals surface area contributed by atoms with Crippen molar-refractivity contribution in [1.82, 2.24) is 10.6 Å². The lowest BCUT2D eigenvalue weighted by atomic mass is 9.96. The molecule has 0 radical (unpaired) electrons. The van der Waals surface area contributed by atoms with Crippen molar-refractivity contribution in [3.05, 3.63) is 53.6 Å². The number of amides is 1. The Kier molecular flexibility index (Phi) is 7.30. The molecule has 2 N–H and O–H groups in total. The van der Waals surface area contributed by atoms with Crippen molar-refractivity contribution in [3.63, 3.8) is 0 Å². The molecule has 0 spiro atoms. The standard InChI is InChI=1S/C23H24N4OS/c1-29-21-9-7-16(8-10-21)17-5-6-18(19(12-17)14-24)13-20(15-25)27-23(28)22-4-2-3-11-26-22/h5-10,12,20,22,26H,2-4,11,13H2,1H3,(H,27,28)/t20-,22?/m0/s1. The number of rotatable bonds is 6. The minimum absolute atomic E-state index is 0.139. The Morgan fingerprint density at radius 2 is 1.97 bits per heavy atom. The van der Waals surface area contributed by atoms with Crippen molar-refractivity contribution in [2.45, 2.75) is 42.7 Å². The Morgan fingerprint density at radius 1 is 1.21 bits per heavy atom. The third kappa shape index (κ3) is 5.38. The van der Waals surface area contributed by atoms with Crippen LogP contribution in [0.25, 0.3) is 11.1 Å². The molecule has 3 rings (SSSR count). The van der Waals surface area contributed by atoms with E-state index in [4.69, 9.17) is 0 Å². The maximum absolute atomic E-state index is 12.4. The van der Waals surface area contributed by atoms with E-state index < -0.39 is 6.04 Å².